The lowest BCUT2D eigenvalue weighted by Gasteiger charge is -2.20. The van der Waals surface area contributed by atoms with Crippen LogP contribution >= 0.6 is 0 Å². The molecule has 1 fully saturated rings. The molecule has 1 aliphatic heterocycles. The van der Waals surface area contributed by atoms with E-state index >= 15 is 0 Å². The van der Waals surface area contributed by atoms with Crippen LogP contribution in [0.15, 0.2) is 36.0 Å². The van der Waals surface area contributed by atoms with Gasteiger partial charge in [-0.25, -0.2) is 4.79 Å². The highest BCUT2D eigenvalue weighted by Crippen LogP contribution is 2.13. The second-order valence-electron chi connectivity index (χ2n) is 5.95. The van der Waals surface area contributed by atoms with Crippen LogP contribution in [0.1, 0.15) is 30.1 Å². The van der Waals surface area contributed by atoms with Crippen molar-refractivity contribution >= 4 is 23.5 Å². The first-order chi connectivity index (χ1) is 13.0. The molecule has 1 saturated heterocycles. The summed E-state index contributed by atoms with van der Waals surface area (Å²) in [4.78, 5) is 35.9. The molecule has 0 unspecified atom stereocenters. The Morgan fingerprint density at radius 1 is 1.26 bits per heavy atom. The predicted octanol–water partition coefficient (Wildman–Crippen LogP) is 1.33. The molecule has 8 heteroatoms. The van der Waals surface area contributed by atoms with Gasteiger partial charge in [-0.15, -0.1) is 0 Å². The van der Waals surface area contributed by atoms with E-state index in [0.29, 0.717) is 11.3 Å². The standard InChI is InChI=1S/C19H22N4O4/c1-2-27-19(26)14-3-5-16(6-4-14)23-18(25)15(11-20)12-22-17(24)13-7-9-21-10-8-13/h3-6,12-13,21H,2,7-10H2,1H3,(H,22,24)(H,23,25)/b15-12-. The van der Waals surface area contributed by atoms with Crippen LogP contribution in [0.5, 0.6) is 0 Å². The van der Waals surface area contributed by atoms with Crippen molar-refractivity contribution in [3.63, 3.8) is 0 Å². The van der Waals surface area contributed by atoms with Crippen LogP contribution in [0.3, 0.4) is 0 Å². The Hall–Kier alpha value is -3.18. The highest BCUT2D eigenvalue weighted by Gasteiger charge is 2.20. The fraction of sp³-hybridized carbons (Fsp3) is 0.368. The van der Waals surface area contributed by atoms with Gasteiger partial charge in [0.15, 0.2) is 0 Å². The lowest BCUT2D eigenvalue weighted by Crippen LogP contribution is -2.36. The normalized spacial score (nSPS) is 14.7. The number of hydrogen-bond donors (Lipinski definition) is 3. The maximum absolute atomic E-state index is 12.2. The summed E-state index contributed by atoms with van der Waals surface area (Å²) in [5.41, 5.74) is 0.561. The van der Waals surface area contributed by atoms with Gasteiger partial charge in [0, 0.05) is 17.8 Å². The minimum absolute atomic E-state index is 0.124. The van der Waals surface area contributed by atoms with Gasteiger partial charge in [-0.1, -0.05) is 0 Å². The van der Waals surface area contributed by atoms with Crippen molar-refractivity contribution in [2.45, 2.75) is 19.8 Å². The van der Waals surface area contributed by atoms with E-state index in [1.807, 2.05) is 0 Å². The number of nitrogens with zero attached hydrogens (tertiary/aromatic N) is 1. The Morgan fingerprint density at radius 2 is 1.93 bits per heavy atom. The average molecular weight is 370 g/mol. The van der Waals surface area contributed by atoms with Crippen LogP contribution in [-0.4, -0.2) is 37.5 Å². The molecule has 2 amide bonds. The second-order valence-corrected chi connectivity index (χ2v) is 5.95. The van der Waals surface area contributed by atoms with Crippen molar-refractivity contribution < 1.29 is 19.1 Å². The van der Waals surface area contributed by atoms with Crippen molar-refractivity contribution in [1.29, 1.82) is 5.26 Å². The first-order valence-electron chi connectivity index (χ1n) is 8.75. The summed E-state index contributed by atoms with van der Waals surface area (Å²) in [6.07, 6.45) is 2.58. The van der Waals surface area contributed by atoms with E-state index < -0.39 is 11.9 Å². The minimum atomic E-state index is -0.646. The number of esters is 1. The number of carbonyl (C=O) groups is 3. The van der Waals surface area contributed by atoms with Gasteiger partial charge in [-0.3, -0.25) is 9.59 Å². The number of rotatable bonds is 6. The van der Waals surface area contributed by atoms with Crippen LogP contribution in [-0.2, 0) is 14.3 Å². The van der Waals surface area contributed by atoms with Gasteiger partial charge in [0.2, 0.25) is 5.91 Å². The topological polar surface area (TPSA) is 120 Å². The Labute approximate surface area is 157 Å². The lowest BCUT2D eigenvalue weighted by atomic mass is 9.97. The summed E-state index contributed by atoms with van der Waals surface area (Å²) in [6.45, 7) is 3.54. The third-order valence-electron chi connectivity index (χ3n) is 4.09. The average Bonchev–Trinajstić information content (AvgIpc) is 2.69. The maximum Gasteiger partial charge on any atom is 0.338 e. The number of ether oxygens (including phenoxy) is 1. The Kier molecular flexibility index (Phi) is 7.52. The lowest BCUT2D eigenvalue weighted by molar-refractivity contribution is -0.124. The third-order valence-corrected chi connectivity index (χ3v) is 4.09. The molecule has 1 aromatic carbocycles. The summed E-state index contributed by atoms with van der Waals surface area (Å²) < 4.78 is 4.89. The molecular weight excluding hydrogens is 348 g/mol. The number of nitrogens with one attached hydrogen (secondary N) is 3. The summed E-state index contributed by atoms with van der Waals surface area (Å²) in [6, 6.07) is 7.88. The molecule has 27 heavy (non-hydrogen) atoms. The number of anilines is 1. The molecule has 8 nitrogen and oxygen atoms in total. The van der Waals surface area contributed by atoms with Gasteiger partial charge in [0.25, 0.3) is 5.91 Å². The van der Waals surface area contributed by atoms with Crippen molar-refractivity contribution in [2.24, 2.45) is 5.92 Å². The van der Waals surface area contributed by atoms with Crippen LogP contribution < -0.4 is 16.0 Å². The molecule has 0 bridgehead atoms. The molecular formula is C19H22N4O4. The predicted molar refractivity (Wildman–Crippen MR) is 98.5 cm³/mol. The zero-order chi connectivity index (χ0) is 19.6. The molecule has 3 N–H and O–H groups in total. The van der Waals surface area contributed by atoms with Crippen LogP contribution in [0.2, 0.25) is 0 Å². The first-order valence-corrected chi connectivity index (χ1v) is 8.75. The number of piperidine rings is 1. The number of hydrogen-bond acceptors (Lipinski definition) is 6. The Balaban J connectivity index is 1.94. The van der Waals surface area contributed by atoms with E-state index in [1.54, 1.807) is 13.0 Å². The smallest absolute Gasteiger partial charge is 0.338 e. The van der Waals surface area contributed by atoms with Gasteiger partial charge in [-0.2, -0.15) is 5.26 Å². The highest BCUT2D eigenvalue weighted by molar-refractivity contribution is 6.07. The van der Waals surface area contributed by atoms with E-state index in [0.717, 1.165) is 32.1 Å². The Morgan fingerprint density at radius 3 is 2.52 bits per heavy atom. The summed E-state index contributed by atoms with van der Waals surface area (Å²) in [7, 11) is 0. The molecule has 0 spiro atoms. The molecule has 1 aliphatic rings. The second kappa shape index (κ2) is 10.1. The molecule has 0 saturated carbocycles. The molecule has 0 aliphatic carbocycles. The maximum atomic E-state index is 12.2. The number of carbonyl (C=O) groups excluding carboxylic acids is 3. The molecule has 142 valence electrons. The zero-order valence-electron chi connectivity index (χ0n) is 15.1. The number of nitriles is 1. The van der Waals surface area contributed by atoms with Gasteiger partial charge < -0.3 is 20.7 Å². The van der Waals surface area contributed by atoms with E-state index in [1.165, 1.54) is 24.3 Å². The minimum Gasteiger partial charge on any atom is -0.462 e. The van der Waals surface area contributed by atoms with Crippen molar-refractivity contribution in [2.75, 3.05) is 25.0 Å². The summed E-state index contributed by atoms with van der Waals surface area (Å²) in [5, 5.41) is 17.4. The largest absolute Gasteiger partial charge is 0.462 e. The number of benzene rings is 1. The van der Waals surface area contributed by atoms with Gasteiger partial charge in [0.1, 0.15) is 11.6 Å². The van der Waals surface area contributed by atoms with Crippen molar-refractivity contribution in [3.05, 3.63) is 41.6 Å². The van der Waals surface area contributed by atoms with Crippen LogP contribution in [0.25, 0.3) is 0 Å². The van der Waals surface area contributed by atoms with Crippen LogP contribution in [0, 0.1) is 17.2 Å². The quantitative estimate of drug-likeness (QED) is 0.395. The fourth-order valence-electron chi connectivity index (χ4n) is 2.60. The van der Waals surface area contributed by atoms with Crippen LogP contribution in [0.4, 0.5) is 5.69 Å². The molecule has 2 rings (SSSR count). The van der Waals surface area contributed by atoms with Gasteiger partial charge >= 0.3 is 5.97 Å². The molecule has 1 heterocycles. The van der Waals surface area contributed by atoms with E-state index in [4.69, 9.17) is 4.74 Å². The molecule has 0 atom stereocenters. The highest BCUT2D eigenvalue weighted by atomic mass is 16.5. The summed E-state index contributed by atoms with van der Waals surface area (Å²) in [5.74, 6) is -1.42. The number of amides is 2. The Bertz CT molecular complexity index is 759. The SMILES string of the molecule is CCOC(=O)c1ccc(NC(=O)/C(C#N)=C\NC(=O)C2CCNCC2)cc1. The summed E-state index contributed by atoms with van der Waals surface area (Å²) >= 11 is 0. The van der Waals surface area contributed by atoms with E-state index in [-0.39, 0.29) is 24.0 Å². The zero-order valence-corrected chi connectivity index (χ0v) is 15.1. The van der Waals surface area contributed by atoms with E-state index in [2.05, 4.69) is 16.0 Å². The van der Waals surface area contributed by atoms with Gasteiger partial charge in [0.05, 0.1) is 12.2 Å². The first kappa shape index (κ1) is 20.1. The molecule has 0 aromatic heterocycles. The van der Waals surface area contributed by atoms with Crippen molar-refractivity contribution in [1.82, 2.24) is 10.6 Å². The van der Waals surface area contributed by atoms with E-state index in [9.17, 15) is 19.6 Å². The third kappa shape index (κ3) is 5.94. The fourth-order valence-corrected chi connectivity index (χ4v) is 2.60. The monoisotopic (exact) mass is 370 g/mol. The molecule has 1 aromatic rings. The van der Waals surface area contributed by atoms with Crippen molar-refractivity contribution in [3.8, 4) is 6.07 Å². The molecule has 0 radical (unpaired) electrons. The van der Waals surface area contributed by atoms with Gasteiger partial charge in [-0.05, 0) is 57.1 Å².